The van der Waals surface area contributed by atoms with E-state index >= 15 is 0 Å². The first-order valence-corrected chi connectivity index (χ1v) is 6.64. The molecule has 0 aromatic heterocycles. The Balaban J connectivity index is 1.95. The summed E-state index contributed by atoms with van der Waals surface area (Å²) in [6.07, 6.45) is 9.50. The van der Waals surface area contributed by atoms with Crippen molar-refractivity contribution in [3.05, 3.63) is 0 Å². The lowest BCUT2D eigenvalue weighted by molar-refractivity contribution is -0.0332. The van der Waals surface area contributed by atoms with Crippen molar-refractivity contribution in [1.82, 2.24) is 0 Å². The van der Waals surface area contributed by atoms with Crippen LogP contribution >= 0.6 is 0 Å². The molecule has 1 atom stereocenters. The lowest BCUT2D eigenvalue weighted by Gasteiger charge is -2.33. The molecule has 0 amide bonds. The normalized spacial score (nSPS) is 32.2. The van der Waals surface area contributed by atoms with E-state index in [2.05, 4.69) is 19.9 Å². The molecule has 0 bridgehead atoms. The van der Waals surface area contributed by atoms with Gasteiger partial charge in [0.2, 0.25) is 0 Å². The summed E-state index contributed by atoms with van der Waals surface area (Å²) in [5.41, 5.74) is -0.0285. The fraction of sp³-hybridized carbons (Fsp3) is 0.929. The maximum Gasteiger partial charge on any atom is 0.0690 e. The van der Waals surface area contributed by atoms with Gasteiger partial charge in [0.15, 0.2) is 0 Å². The summed E-state index contributed by atoms with van der Waals surface area (Å²) < 4.78 is 6.03. The number of hydrogen-bond donors (Lipinski definition) is 0. The van der Waals surface area contributed by atoms with Crippen molar-refractivity contribution in [1.29, 1.82) is 5.26 Å². The van der Waals surface area contributed by atoms with Crippen LogP contribution in [0.3, 0.4) is 0 Å². The monoisotopic (exact) mass is 221 g/mol. The largest absolute Gasteiger partial charge is 0.372 e. The van der Waals surface area contributed by atoms with Crippen LogP contribution in [-0.2, 0) is 4.74 Å². The molecule has 2 heteroatoms. The molecular weight excluding hydrogens is 198 g/mol. The van der Waals surface area contributed by atoms with Crippen LogP contribution in [0.2, 0.25) is 0 Å². The topological polar surface area (TPSA) is 33.0 Å². The summed E-state index contributed by atoms with van der Waals surface area (Å²) in [7, 11) is 0. The Labute approximate surface area is 99.0 Å². The SMILES string of the molecule is CC1(C)CCC(CC2(C#N)CCCCC2)O1. The second-order valence-electron chi connectivity index (χ2n) is 6.20. The molecule has 2 aliphatic rings. The lowest BCUT2D eigenvalue weighted by Crippen LogP contribution is -2.29. The number of rotatable bonds is 2. The number of nitrogens with zero attached hydrogens (tertiary/aromatic N) is 1. The van der Waals surface area contributed by atoms with Crippen LogP contribution in [0, 0.1) is 16.7 Å². The van der Waals surface area contributed by atoms with E-state index in [9.17, 15) is 5.26 Å². The van der Waals surface area contributed by atoms with Crippen molar-refractivity contribution in [2.75, 3.05) is 0 Å². The van der Waals surface area contributed by atoms with E-state index in [0.29, 0.717) is 6.10 Å². The maximum atomic E-state index is 9.43. The van der Waals surface area contributed by atoms with Gasteiger partial charge in [-0.15, -0.1) is 0 Å². The Morgan fingerprint density at radius 3 is 2.38 bits per heavy atom. The average Bonchev–Trinajstić information content (AvgIpc) is 2.59. The van der Waals surface area contributed by atoms with Gasteiger partial charge in [-0.3, -0.25) is 0 Å². The van der Waals surface area contributed by atoms with Crippen molar-refractivity contribution in [3.63, 3.8) is 0 Å². The highest BCUT2D eigenvalue weighted by molar-refractivity contribution is 5.02. The molecule has 0 spiro atoms. The number of hydrogen-bond acceptors (Lipinski definition) is 2. The molecule has 0 N–H and O–H groups in total. The van der Waals surface area contributed by atoms with Gasteiger partial charge in [0.05, 0.1) is 23.2 Å². The Kier molecular flexibility index (Phi) is 3.26. The first-order chi connectivity index (χ1) is 7.55. The van der Waals surface area contributed by atoms with E-state index < -0.39 is 0 Å². The van der Waals surface area contributed by atoms with Gasteiger partial charge in [-0.05, 0) is 46.0 Å². The Morgan fingerprint density at radius 1 is 1.19 bits per heavy atom. The van der Waals surface area contributed by atoms with E-state index in [1.165, 1.54) is 19.3 Å². The second kappa shape index (κ2) is 4.37. The fourth-order valence-corrected chi connectivity index (χ4v) is 3.25. The molecule has 1 heterocycles. The van der Waals surface area contributed by atoms with Crippen LogP contribution in [0.1, 0.15) is 65.2 Å². The van der Waals surface area contributed by atoms with Crippen molar-refractivity contribution in [3.8, 4) is 6.07 Å². The third-order valence-electron chi connectivity index (χ3n) is 4.22. The van der Waals surface area contributed by atoms with Crippen molar-refractivity contribution in [2.45, 2.75) is 76.9 Å². The summed E-state index contributed by atoms with van der Waals surface area (Å²) in [5.74, 6) is 0. The first kappa shape index (κ1) is 11.9. The predicted molar refractivity (Wildman–Crippen MR) is 63.9 cm³/mol. The smallest absolute Gasteiger partial charge is 0.0690 e. The highest BCUT2D eigenvalue weighted by Gasteiger charge is 2.39. The van der Waals surface area contributed by atoms with Gasteiger partial charge in [0.25, 0.3) is 0 Å². The van der Waals surface area contributed by atoms with Crippen LogP contribution in [0.5, 0.6) is 0 Å². The highest BCUT2D eigenvalue weighted by Crippen LogP contribution is 2.43. The van der Waals surface area contributed by atoms with Crippen LogP contribution < -0.4 is 0 Å². The third kappa shape index (κ3) is 2.58. The Morgan fingerprint density at radius 2 is 1.88 bits per heavy atom. The second-order valence-corrected chi connectivity index (χ2v) is 6.20. The van der Waals surface area contributed by atoms with Crippen molar-refractivity contribution in [2.24, 2.45) is 5.41 Å². The molecule has 2 rings (SSSR count). The molecule has 1 aliphatic heterocycles. The minimum atomic E-state index is -0.0661. The van der Waals surface area contributed by atoms with E-state index in [-0.39, 0.29) is 11.0 Å². The molecule has 1 saturated heterocycles. The van der Waals surface area contributed by atoms with Crippen LogP contribution in [0.25, 0.3) is 0 Å². The van der Waals surface area contributed by atoms with E-state index in [1.807, 2.05) is 0 Å². The third-order valence-corrected chi connectivity index (χ3v) is 4.22. The molecule has 1 saturated carbocycles. The summed E-state index contributed by atoms with van der Waals surface area (Å²) in [4.78, 5) is 0. The maximum absolute atomic E-state index is 9.43. The standard InChI is InChI=1S/C14H23NO/c1-13(2)9-6-12(16-13)10-14(11-15)7-4-3-5-8-14/h12H,3-10H2,1-2H3. The zero-order valence-electron chi connectivity index (χ0n) is 10.6. The van der Waals surface area contributed by atoms with Crippen LogP contribution in [0.15, 0.2) is 0 Å². The first-order valence-electron chi connectivity index (χ1n) is 6.64. The molecule has 0 aromatic rings. The van der Waals surface area contributed by atoms with Crippen LogP contribution in [0.4, 0.5) is 0 Å². The number of ether oxygens (including phenoxy) is 1. The van der Waals surface area contributed by atoms with Gasteiger partial charge in [-0.25, -0.2) is 0 Å². The summed E-state index contributed by atoms with van der Waals surface area (Å²) in [5, 5.41) is 9.43. The Hall–Kier alpha value is -0.550. The predicted octanol–water partition coefficient (Wildman–Crippen LogP) is 3.81. The lowest BCUT2D eigenvalue weighted by atomic mass is 9.71. The molecule has 1 unspecified atom stereocenters. The minimum absolute atomic E-state index is 0.0377. The van der Waals surface area contributed by atoms with E-state index in [1.54, 1.807) is 0 Å². The van der Waals surface area contributed by atoms with Crippen LogP contribution in [-0.4, -0.2) is 11.7 Å². The molecule has 90 valence electrons. The molecule has 1 aliphatic carbocycles. The van der Waals surface area contributed by atoms with Gasteiger partial charge >= 0.3 is 0 Å². The summed E-state index contributed by atoms with van der Waals surface area (Å²) in [6, 6.07) is 2.59. The molecule has 0 aromatic carbocycles. The highest BCUT2D eigenvalue weighted by atomic mass is 16.5. The van der Waals surface area contributed by atoms with E-state index in [4.69, 9.17) is 4.74 Å². The van der Waals surface area contributed by atoms with Crippen molar-refractivity contribution < 1.29 is 4.74 Å². The molecule has 2 fully saturated rings. The molecule has 16 heavy (non-hydrogen) atoms. The zero-order chi connectivity index (χ0) is 11.6. The van der Waals surface area contributed by atoms with Gasteiger partial charge in [-0.2, -0.15) is 5.26 Å². The van der Waals surface area contributed by atoms with Gasteiger partial charge < -0.3 is 4.74 Å². The van der Waals surface area contributed by atoms with Gasteiger partial charge in [0.1, 0.15) is 0 Å². The number of nitriles is 1. The summed E-state index contributed by atoms with van der Waals surface area (Å²) in [6.45, 7) is 4.32. The average molecular weight is 221 g/mol. The quantitative estimate of drug-likeness (QED) is 0.710. The fourth-order valence-electron chi connectivity index (χ4n) is 3.25. The van der Waals surface area contributed by atoms with Gasteiger partial charge in [0, 0.05) is 0 Å². The zero-order valence-corrected chi connectivity index (χ0v) is 10.6. The molecule has 2 nitrogen and oxygen atoms in total. The molecule has 0 radical (unpaired) electrons. The van der Waals surface area contributed by atoms with E-state index in [0.717, 1.165) is 32.1 Å². The van der Waals surface area contributed by atoms with Crippen molar-refractivity contribution >= 4 is 0 Å². The Bertz CT molecular complexity index is 284. The van der Waals surface area contributed by atoms with Gasteiger partial charge in [-0.1, -0.05) is 19.3 Å². The molecular formula is C14H23NO. The minimum Gasteiger partial charge on any atom is -0.372 e. The summed E-state index contributed by atoms with van der Waals surface area (Å²) >= 11 is 0.